The van der Waals surface area contributed by atoms with Gasteiger partial charge in [0, 0.05) is 22.4 Å². The molecule has 1 heterocycles. The SMILES string of the molecule is CC(=O)Nc1ccc(S[C@H](C)C(=O)Nc2sc3c(c2C#N)CCCCC3)cc1. The van der Waals surface area contributed by atoms with Crippen molar-refractivity contribution in [2.45, 2.75) is 56.1 Å². The van der Waals surface area contributed by atoms with Crippen molar-refractivity contribution in [3.8, 4) is 6.07 Å². The Balaban J connectivity index is 1.66. The second-order valence-corrected chi connectivity index (χ2v) is 9.35. The number of hydrogen-bond donors (Lipinski definition) is 2. The van der Waals surface area contributed by atoms with Crippen LogP contribution in [0.25, 0.3) is 0 Å². The van der Waals surface area contributed by atoms with E-state index in [1.807, 2.05) is 31.2 Å². The first kappa shape index (κ1) is 20.4. The first-order valence-electron chi connectivity index (χ1n) is 9.37. The molecule has 28 heavy (non-hydrogen) atoms. The van der Waals surface area contributed by atoms with E-state index in [0.29, 0.717) is 10.6 Å². The number of thiophene rings is 1. The minimum Gasteiger partial charge on any atom is -0.326 e. The van der Waals surface area contributed by atoms with E-state index < -0.39 is 0 Å². The first-order valence-corrected chi connectivity index (χ1v) is 11.1. The van der Waals surface area contributed by atoms with Gasteiger partial charge in [-0.2, -0.15) is 5.26 Å². The molecular weight excluding hydrogens is 390 g/mol. The van der Waals surface area contributed by atoms with E-state index in [-0.39, 0.29) is 17.1 Å². The van der Waals surface area contributed by atoms with Crippen LogP contribution in [0.2, 0.25) is 0 Å². The first-order chi connectivity index (χ1) is 13.5. The monoisotopic (exact) mass is 413 g/mol. The highest BCUT2D eigenvalue weighted by molar-refractivity contribution is 8.00. The summed E-state index contributed by atoms with van der Waals surface area (Å²) in [5.41, 5.74) is 2.51. The number of rotatable bonds is 5. The fourth-order valence-corrected chi connectivity index (χ4v) is 5.35. The van der Waals surface area contributed by atoms with Gasteiger partial charge in [0.05, 0.1) is 10.8 Å². The van der Waals surface area contributed by atoms with Crippen LogP contribution in [-0.2, 0) is 22.4 Å². The van der Waals surface area contributed by atoms with Crippen LogP contribution in [0.5, 0.6) is 0 Å². The van der Waals surface area contributed by atoms with Gasteiger partial charge in [-0.1, -0.05) is 6.42 Å². The molecule has 1 atom stereocenters. The van der Waals surface area contributed by atoms with Gasteiger partial charge in [0.1, 0.15) is 11.1 Å². The number of carbonyl (C=O) groups is 2. The molecule has 0 fully saturated rings. The molecule has 0 aliphatic heterocycles. The van der Waals surface area contributed by atoms with Crippen LogP contribution in [0.15, 0.2) is 29.2 Å². The highest BCUT2D eigenvalue weighted by Gasteiger charge is 2.23. The maximum Gasteiger partial charge on any atom is 0.238 e. The molecule has 5 nitrogen and oxygen atoms in total. The maximum absolute atomic E-state index is 12.7. The third-order valence-corrected chi connectivity index (χ3v) is 6.95. The van der Waals surface area contributed by atoms with Crippen LogP contribution in [0.3, 0.4) is 0 Å². The van der Waals surface area contributed by atoms with Gasteiger partial charge >= 0.3 is 0 Å². The Bertz CT molecular complexity index is 913. The van der Waals surface area contributed by atoms with Gasteiger partial charge in [-0.3, -0.25) is 9.59 Å². The molecular formula is C21H23N3O2S2. The van der Waals surface area contributed by atoms with Gasteiger partial charge in [0.2, 0.25) is 11.8 Å². The van der Waals surface area contributed by atoms with E-state index in [4.69, 9.17) is 0 Å². The molecule has 1 aromatic carbocycles. The molecule has 0 unspecified atom stereocenters. The lowest BCUT2D eigenvalue weighted by molar-refractivity contribution is -0.115. The molecule has 0 radical (unpaired) electrons. The quantitative estimate of drug-likeness (QED) is 0.536. The normalized spacial score (nSPS) is 14.3. The fraction of sp³-hybridized carbons (Fsp3) is 0.381. The summed E-state index contributed by atoms with van der Waals surface area (Å²) in [4.78, 5) is 26.0. The molecule has 0 saturated heterocycles. The van der Waals surface area contributed by atoms with E-state index in [2.05, 4.69) is 16.7 Å². The molecule has 1 aliphatic rings. The second kappa shape index (κ2) is 9.26. The minimum absolute atomic E-state index is 0.108. The van der Waals surface area contributed by atoms with Gasteiger partial charge in [-0.05, 0) is 62.4 Å². The number of thioether (sulfide) groups is 1. The molecule has 2 N–H and O–H groups in total. The molecule has 146 valence electrons. The summed E-state index contributed by atoms with van der Waals surface area (Å²) >= 11 is 3.00. The second-order valence-electron chi connectivity index (χ2n) is 6.84. The summed E-state index contributed by atoms with van der Waals surface area (Å²) in [6.45, 7) is 3.32. The van der Waals surface area contributed by atoms with Crippen LogP contribution in [0.1, 0.15) is 49.1 Å². The molecule has 1 aliphatic carbocycles. The summed E-state index contributed by atoms with van der Waals surface area (Å²) in [5.74, 6) is -0.223. The van der Waals surface area contributed by atoms with Crippen molar-refractivity contribution in [1.29, 1.82) is 5.26 Å². The molecule has 1 aromatic heterocycles. The standard InChI is InChI=1S/C21H23N3O2S2/c1-13(27-16-10-8-15(9-11-16)23-14(2)25)20(26)24-21-18(12-22)17-6-4-3-5-7-19(17)28-21/h8-11,13H,3-7H2,1-2H3,(H,23,25)(H,24,26)/t13-/m1/s1. The molecule has 0 spiro atoms. The fourth-order valence-electron chi connectivity index (χ4n) is 3.24. The number of hydrogen-bond acceptors (Lipinski definition) is 5. The number of benzene rings is 1. The number of amides is 2. The van der Waals surface area contributed by atoms with E-state index in [1.54, 1.807) is 11.3 Å². The molecule has 2 aromatic rings. The number of fused-ring (bicyclic) bond motifs is 1. The summed E-state index contributed by atoms with van der Waals surface area (Å²) in [6, 6.07) is 9.70. The number of nitrogens with one attached hydrogen (secondary N) is 2. The Labute approximate surface area is 173 Å². The predicted octanol–water partition coefficient (Wildman–Crippen LogP) is 4.97. The van der Waals surface area contributed by atoms with E-state index >= 15 is 0 Å². The third kappa shape index (κ3) is 4.94. The van der Waals surface area contributed by atoms with Gasteiger partial charge in [0.25, 0.3) is 0 Å². The average Bonchev–Trinajstić information content (AvgIpc) is 2.82. The number of aryl methyl sites for hydroxylation is 1. The number of nitriles is 1. The van der Waals surface area contributed by atoms with Crippen molar-refractivity contribution in [2.75, 3.05) is 10.6 Å². The number of anilines is 2. The highest BCUT2D eigenvalue weighted by Crippen LogP contribution is 2.37. The number of nitrogens with zero attached hydrogens (tertiary/aromatic N) is 1. The van der Waals surface area contributed by atoms with E-state index in [9.17, 15) is 14.9 Å². The van der Waals surface area contributed by atoms with Gasteiger partial charge < -0.3 is 10.6 Å². The van der Waals surface area contributed by atoms with Crippen LogP contribution in [-0.4, -0.2) is 17.1 Å². The largest absolute Gasteiger partial charge is 0.326 e. The highest BCUT2D eigenvalue weighted by atomic mass is 32.2. The lowest BCUT2D eigenvalue weighted by Gasteiger charge is -2.12. The molecule has 0 bridgehead atoms. The van der Waals surface area contributed by atoms with Crippen molar-refractivity contribution >= 4 is 45.6 Å². The molecule has 3 rings (SSSR count). The lowest BCUT2D eigenvalue weighted by atomic mass is 10.1. The average molecular weight is 414 g/mol. The lowest BCUT2D eigenvalue weighted by Crippen LogP contribution is -2.22. The van der Waals surface area contributed by atoms with Gasteiger partial charge in [-0.25, -0.2) is 0 Å². The topological polar surface area (TPSA) is 82.0 Å². The Hall–Kier alpha value is -2.30. The summed E-state index contributed by atoms with van der Waals surface area (Å²) in [7, 11) is 0. The zero-order valence-electron chi connectivity index (χ0n) is 16.0. The number of carbonyl (C=O) groups excluding carboxylic acids is 2. The Kier molecular flexibility index (Phi) is 6.76. The summed E-state index contributed by atoms with van der Waals surface area (Å²) in [6.07, 6.45) is 5.37. The molecule has 0 saturated carbocycles. The Morgan fingerprint density at radius 3 is 2.54 bits per heavy atom. The van der Waals surface area contributed by atoms with E-state index in [0.717, 1.165) is 41.8 Å². The zero-order chi connectivity index (χ0) is 20.1. The van der Waals surface area contributed by atoms with Gasteiger partial charge in [-0.15, -0.1) is 23.1 Å². The van der Waals surface area contributed by atoms with Crippen molar-refractivity contribution in [1.82, 2.24) is 0 Å². The smallest absolute Gasteiger partial charge is 0.238 e. The minimum atomic E-state index is -0.305. The maximum atomic E-state index is 12.7. The Morgan fingerprint density at radius 1 is 1.14 bits per heavy atom. The zero-order valence-corrected chi connectivity index (χ0v) is 17.6. The Morgan fingerprint density at radius 2 is 1.86 bits per heavy atom. The summed E-state index contributed by atoms with van der Waals surface area (Å²) < 4.78 is 0. The van der Waals surface area contributed by atoms with Crippen molar-refractivity contribution < 1.29 is 9.59 Å². The third-order valence-electron chi connectivity index (χ3n) is 4.63. The van der Waals surface area contributed by atoms with E-state index in [1.165, 1.54) is 30.0 Å². The van der Waals surface area contributed by atoms with Gasteiger partial charge in [0.15, 0.2) is 0 Å². The molecule has 2 amide bonds. The van der Waals surface area contributed by atoms with Crippen molar-refractivity contribution in [2.24, 2.45) is 0 Å². The van der Waals surface area contributed by atoms with Crippen LogP contribution in [0.4, 0.5) is 10.7 Å². The van der Waals surface area contributed by atoms with Crippen LogP contribution in [0, 0.1) is 11.3 Å². The van der Waals surface area contributed by atoms with Crippen LogP contribution >= 0.6 is 23.1 Å². The van der Waals surface area contributed by atoms with Crippen molar-refractivity contribution in [3.05, 3.63) is 40.3 Å². The van der Waals surface area contributed by atoms with Crippen molar-refractivity contribution in [3.63, 3.8) is 0 Å². The summed E-state index contributed by atoms with van der Waals surface area (Å²) in [5, 5.41) is 15.7. The molecule has 7 heteroatoms. The van der Waals surface area contributed by atoms with Crippen LogP contribution < -0.4 is 10.6 Å². The predicted molar refractivity (Wildman–Crippen MR) is 115 cm³/mol.